The number of amides is 1. The summed E-state index contributed by atoms with van der Waals surface area (Å²) in [6, 6.07) is 0.399. The van der Waals surface area contributed by atoms with Crippen molar-refractivity contribution in [3.8, 4) is 0 Å². The molecule has 0 N–H and O–H groups in total. The second kappa shape index (κ2) is 4.21. The summed E-state index contributed by atoms with van der Waals surface area (Å²) in [4.78, 5) is 14.1. The van der Waals surface area contributed by atoms with Gasteiger partial charge in [-0.1, -0.05) is 22.9 Å². The Labute approximate surface area is 95.2 Å². The van der Waals surface area contributed by atoms with Crippen molar-refractivity contribution < 1.29 is 4.79 Å². The summed E-state index contributed by atoms with van der Waals surface area (Å²) in [5.41, 5.74) is 0. The minimum Gasteiger partial charge on any atom is -0.339 e. The fourth-order valence-electron chi connectivity index (χ4n) is 1.91. The Morgan fingerprint density at radius 1 is 1.36 bits per heavy atom. The van der Waals surface area contributed by atoms with Crippen LogP contribution in [0.4, 0.5) is 0 Å². The molecule has 1 fully saturated rings. The van der Waals surface area contributed by atoms with E-state index in [4.69, 9.17) is 0 Å². The molecule has 1 aliphatic heterocycles. The molecule has 0 aromatic carbocycles. The van der Waals surface area contributed by atoms with E-state index in [0.29, 0.717) is 12.0 Å². The summed E-state index contributed by atoms with van der Waals surface area (Å²) < 4.78 is -0.418. The first kappa shape index (κ1) is 12.0. The first-order chi connectivity index (χ1) is 6.32. The van der Waals surface area contributed by atoms with Crippen molar-refractivity contribution in [3.63, 3.8) is 0 Å². The van der Waals surface area contributed by atoms with Gasteiger partial charge in [0.05, 0.1) is 4.32 Å². The Balaban J connectivity index is 2.70. The first-order valence-corrected chi connectivity index (χ1v) is 6.11. The molecule has 0 saturated carbocycles. The number of rotatable bonds is 1. The molecule has 1 saturated heterocycles. The van der Waals surface area contributed by atoms with Gasteiger partial charge in [-0.15, -0.1) is 0 Å². The second-order valence-electron chi connectivity index (χ2n) is 4.96. The van der Waals surface area contributed by atoms with Gasteiger partial charge in [0, 0.05) is 12.6 Å². The van der Waals surface area contributed by atoms with Gasteiger partial charge >= 0.3 is 0 Å². The molecule has 0 aliphatic carbocycles. The number of hydrogen-bond donors (Lipinski definition) is 0. The largest absolute Gasteiger partial charge is 0.339 e. The lowest BCUT2D eigenvalue weighted by atomic mass is 9.94. The Kier molecular flexibility index (Phi) is 3.62. The number of hydrogen-bond acceptors (Lipinski definition) is 1. The van der Waals surface area contributed by atoms with Gasteiger partial charge in [0.1, 0.15) is 0 Å². The zero-order valence-corrected chi connectivity index (χ0v) is 11.1. The van der Waals surface area contributed by atoms with Crippen molar-refractivity contribution in [3.05, 3.63) is 0 Å². The van der Waals surface area contributed by atoms with Crippen LogP contribution in [0.15, 0.2) is 0 Å². The van der Waals surface area contributed by atoms with Crippen molar-refractivity contribution >= 4 is 21.8 Å². The van der Waals surface area contributed by atoms with E-state index < -0.39 is 4.32 Å². The molecular formula is C11H20BrNO. The van der Waals surface area contributed by atoms with Crippen LogP contribution in [0.2, 0.25) is 0 Å². The van der Waals surface area contributed by atoms with Gasteiger partial charge in [0.25, 0.3) is 0 Å². The zero-order valence-electron chi connectivity index (χ0n) is 9.51. The quantitative estimate of drug-likeness (QED) is 0.665. The standard InChI is InChI=1S/C11H20BrNO/c1-8-5-6-9(2)13(7-8)10(14)11(3,4)12/h8-9H,5-7H2,1-4H3. The number of nitrogens with zero attached hydrogens (tertiary/aromatic N) is 1. The Morgan fingerprint density at radius 3 is 2.43 bits per heavy atom. The SMILES string of the molecule is CC1CCC(C)N(C(=O)C(C)(C)Br)C1. The van der Waals surface area contributed by atoms with Crippen LogP contribution in [0.1, 0.15) is 40.5 Å². The van der Waals surface area contributed by atoms with E-state index in [1.165, 1.54) is 6.42 Å². The Hall–Kier alpha value is -0.0500. The third-order valence-corrected chi connectivity index (χ3v) is 3.23. The van der Waals surface area contributed by atoms with Crippen LogP contribution >= 0.6 is 15.9 Å². The number of carbonyl (C=O) groups is 1. The van der Waals surface area contributed by atoms with Crippen molar-refractivity contribution in [2.45, 2.75) is 50.9 Å². The number of carbonyl (C=O) groups excluding carboxylic acids is 1. The van der Waals surface area contributed by atoms with E-state index in [2.05, 4.69) is 29.8 Å². The predicted molar refractivity (Wildman–Crippen MR) is 62.6 cm³/mol. The number of piperidine rings is 1. The molecular weight excluding hydrogens is 242 g/mol. The Bertz CT molecular complexity index is 222. The lowest BCUT2D eigenvalue weighted by Gasteiger charge is -2.39. The van der Waals surface area contributed by atoms with Gasteiger partial charge in [-0.2, -0.15) is 0 Å². The highest BCUT2D eigenvalue weighted by molar-refractivity contribution is 9.10. The molecule has 0 aromatic heterocycles. The lowest BCUT2D eigenvalue weighted by Crippen LogP contribution is -2.50. The normalized spacial score (nSPS) is 29.1. The summed E-state index contributed by atoms with van der Waals surface area (Å²) in [5, 5.41) is 0. The summed E-state index contributed by atoms with van der Waals surface area (Å²) >= 11 is 3.44. The van der Waals surface area contributed by atoms with Gasteiger partial charge in [-0.05, 0) is 39.5 Å². The topological polar surface area (TPSA) is 20.3 Å². The van der Waals surface area contributed by atoms with Crippen LogP contribution in [0.25, 0.3) is 0 Å². The third kappa shape index (κ3) is 2.72. The second-order valence-corrected chi connectivity index (χ2v) is 6.94. The molecule has 2 atom stereocenters. The van der Waals surface area contributed by atoms with Crippen LogP contribution in [0.5, 0.6) is 0 Å². The van der Waals surface area contributed by atoms with E-state index in [1.54, 1.807) is 0 Å². The fraction of sp³-hybridized carbons (Fsp3) is 0.909. The van der Waals surface area contributed by atoms with Crippen LogP contribution in [-0.4, -0.2) is 27.7 Å². The van der Waals surface area contributed by atoms with E-state index in [-0.39, 0.29) is 5.91 Å². The van der Waals surface area contributed by atoms with Crippen molar-refractivity contribution in [2.24, 2.45) is 5.92 Å². The van der Waals surface area contributed by atoms with Gasteiger partial charge in [0.15, 0.2) is 0 Å². The molecule has 1 aliphatic rings. The summed E-state index contributed by atoms with van der Waals surface area (Å²) in [6.07, 6.45) is 2.38. The van der Waals surface area contributed by atoms with Crippen LogP contribution < -0.4 is 0 Å². The lowest BCUT2D eigenvalue weighted by molar-refractivity contribution is -0.137. The minimum absolute atomic E-state index is 0.219. The van der Waals surface area contributed by atoms with Crippen molar-refractivity contribution in [2.75, 3.05) is 6.54 Å². The number of alkyl halides is 1. The maximum atomic E-state index is 12.1. The first-order valence-electron chi connectivity index (χ1n) is 5.32. The molecule has 3 heteroatoms. The van der Waals surface area contributed by atoms with E-state index in [1.807, 2.05) is 18.7 Å². The maximum absolute atomic E-state index is 12.1. The molecule has 2 unspecified atom stereocenters. The molecule has 14 heavy (non-hydrogen) atoms. The maximum Gasteiger partial charge on any atom is 0.239 e. The van der Waals surface area contributed by atoms with Crippen LogP contribution in [-0.2, 0) is 4.79 Å². The molecule has 0 bridgehead atoms. The van der Waals surface area contributed by atoms with E-state index in [9.17, 15) is 4.79 Å². The Morgan fingerprint density at radius 2 is 1.93 bits per heavy atom. The van der Waals surface area contributed by atoms with Gasteiger partial charge in [-0.3, -0.25) is 4.79 Å². The minimum atomic E-state index is -0.418. The fourth-order valence-corrected chi connectivity index (χ4v) is 2.14. The highest BCUT2D eigenvalue weighted by Gasteiger charge is 2.34. The summed E-state index contributed by atoms with van der Waals surface area (Å²) in [5.74, 6) is 0.863. The molecule has 2 nitrogen and oxygen atoms in total. The van der Waals surface area contributed by atoms with Crippen LogP contribution in [0, 0.1) is 5.92 Å². The molecule has 82 valence electrons. The molecule has 1 heterocycles. The number of likely N-dealkylation sites (tertiary alicyclic amines) is 1. The molecule has 0 radical (unpaired) electrons. The monoisotopic (exact) mass is 261 g/mol. The average Bonchev–Trinajstić information content (AvgIpc) is 2.06. The van der Waals surface area contributed by atoms with Gasteiger partial charge < -0.3 is 4.90 Å². The van der Waals surface area contributed by atoms with Crippen molar-refractivity contribution in [1.29, 1.82) is 0 Å². The molecule has 1 amide bonds. The smallest absolute Gasteiger partial charge is 0.239 e. The van der Waals surface area contributed by atoms with Crippen molar-refractivity contribution in [1.82, 2.24) is 4.90 Å². The van der Waals surface area contributed by atoms with Gasteiger partial charge in [-0.25, -0.2) is 0 Å². The molecule has 0 aromatic rings. The van der Waals surface area contributed by atoms with E-state index >= 15 is 0 Å². The molecule has 1 rings (SSSR count). The highest BCUT2D eigenvalue weighted by Crippen LogP contribution is 2.27. The number of halogens is 1. The molecule has 0 spiro atoms. The third-order valence-electron chi connectivity index (χ3n) is 2.89. The highest BCUT2D eigenvalue weighted by atomic mass is 79.9. The predicted octanol–water partition coefficient (Wildman–Crippen LogP) is 2.81. The van der Waals surface area contributed by atoms with Crippen LogP contribution in [0.3, 0.4) is 0 Å². The van der Waals surface area contributed by atoms with E-state index in [0.717, 1.165) is 13.0 Å². The average molecular weight is 262 g/mol. The van der Waals surface area contributed by atoms with Gasteiger partial charge in [0.2, 0.25) is 5.91 Å². The summed E-state index contributed by atoms with van der Waals surface area (Å²) in [6.45, 7) is 9.10. The zero-order chi connectivity index (χ0) is 10.9. The summed E-state index contributed by atoms with van der Waals surface area (Å²) in [7, 11) is 0.